The van der Waals surface area contributed by atoms with Crippen molar-refractivity contribution in [3.63, 3.8) is 0 Å². The molecule has 2 aromatic rings. The number of esters is 3. The van der Waals surface area contributed by atoms with E-state index in [1.165, 1.54) is 108 Å². The Hall–Kier alpha value is -3.79. The fourth-order valence-corrected chi connectivity index (χ4v) is 9.27. The maximum atomic E-state index is 13.2. The Kier molecular flexibility index (Phi) is 28.7. The average Bonchev–Trinajstić information content (AvgIpc) is 3.60. The van der Waals surface area contributed by atoms with E-state index in [-0.39, 0.29) is 49.2 Å². The lowest BCUT2D eigenvalue weighted by Crippen LogP contribution is -2.44. The highest BCUT2D eigenvalue weighted by atomic mass is 32.2. The Balaban J connectivity index is 1.47. The molecule has 2 atom stereocenters. The number of rotatable bonds is 37. The monoisotopic (exact) mass is 906 g/mol. The van der Waals surface area contributed by atoms with Gasteiger partial charge in [0.2, 0.25) is 0 Å². The van der Waals surface area contributed by atoms with Crippen molar-refractivity contribution in [2.24, 2.45) is 11.8 Å². The molecule has 0 radical (unpaired) electrons. The average molecular weight is 906 g/mol. The second kappa shape index (κ2) is 33.7. The summed E-state index contributed by atoms with van der Waals surface area (Å²) >= 11 is 1.31. The minimum atomic E-state index is -1.04. The van der Waals surface area contributed by atoms with E-state index < -0.39 is 24.2 Å². The lowest BCUT2D eigenvalue weighted by molar-refractivity contribution is -0.157. The molecule has 9 nitrogen and oxygen atoms in total. The molecule has 0 fully saturated rings. The van der Waals surface area contributed by atoms with Gasteiger partial charge in [-0.05, 0) is 46.9 Å². The molecule has 64 heavy (non-hydrogen) atoms. The summed E-state index contributed by atoms with van der Waals surface area (Å²) in [5, 5.41) is 2.70. The van der Waals surface area contributed by atoms with Crippen molar-refractivity contribution in [2.75, 3.05) is 31.3 Å². The minimum absolute atomic E-state index is 0.0143. The first-order chi connectivity index (χ1) is 31.1. The standard InChI is InChI=1S/C54H83NO8S/c1-6-37-60-53(58)50(55-54(59)62-39-49-47-33-27-25-31-45(47)46-32-26-28-34-48(46)49)41-64-40-44(63-52(57)36-24-20-16-12-8-10-14-18-22-30-43(4)5)38-61-51(56)35-23-19-15-11-7-9-13-17-21-29-42(2)3/h6,25-28,31-34,42-44,49-50H,1,7-24,29-30,35-41H2,2-5H3,(H,55,59)/t44-,50+/m1/s1. The number of nitrogens with one attached hydrogen (secondary N) is 1. The number of hydrogen-bond acceptors (Lipinski definition) is 9. The molecule has 0 spiro atoms. The summed E-state index contributed by atoms with van der Waals surface area (Å²) in [6.45, 7) is 12.8. The number of carbonyl (C=O) groups excluding carboxylic acids is 4. The quantitative estimate of drug-likeness (QED) is 0.0306. The zero-order valence-corrected chi connectivity index (χ0v) is 40.9. The van der Waals surface area contributed by atoms with Crippen molar-refractivity contribution in [1.82, 2.24) is 5.32 Å². The fourth-order valence-electron chi connectivity index (χ4n) is 8.25. The number of alkyl carbamates (subject to hydrolysis) is 1. The molecule has 0 saturated heterocycles. The first kappa shape index (κ1) is 54.5. The third-order valence-corrected chi connectivity index (χ3v) is 13.1. The second-order valence-electron chi connectivity index (χ2n) is 18.5. The van der Waals surface area contributed by atoms with E-state index in [4.69, 9.17) is 18.9 Å². The smallest absolute Gasteiger partial charge is 0.407 e. The van der Waals surface area contributed by atoms with Gasteiger partial charge in [-0.25, -0.2) is 9.59 Å². The van der Waals surface area contributed by atoms with Gasteiger partial charge in [0.25, 0.3) is 0 Å². The third kappa shape index (κ3) is 23.4. The lowest BCUT2D eigenvalue weighted by atomic mass is 9.98. The number of amides is 1. The highest BCUT2D eigenvalue weighted by Gasteiger charge is 2.30. The molecule has 2 aromatic carbocycles. The van der Waals surface area contributed by atoms with E-state index in [1.807, 2.05) is 36.4 Å². The number of carbonyl (C=O) groups is 4. The zero-order valence-electron chi connectivity index (χ0n) is 40.1. The van der Waals surface area contributed by atoms with Crippen LogP contribution in [0.25, 0.3) is 11.1 Å². The minimum Gasteiger partial charge on any atom is -0.462 e. The van der Waals surface area contributed by atoms with Gasteiger partial charge >= 0.3 is 24.0 Å². The van der Waals surface area contributed by atoms with Crippen LogP contribution in [0.5, 0.6) is 0 Å². The van der Waals surface area contributed by atoms with Gasteiger partial charge in [-0.1, -0.05) is 204 Å². The van der Waals surface area contributed by atoms with Gasteiger partial charge in [0.05, 0.1) is 0 Å². The summed E-state index contributed by atoms with van der Waals surface area (Å²) < 4.78 is 22.6. The Morgan fingerprint density at radius 3 is 1.58 bits per heavy atom. The summed E-state index contributed by atoms with van der Waals surface area (Å²) in [5.41, 5.74) is 4.41. The number of fused-ring (bicyclic) bond motifs is 3. The van der Waals surface area contributed by atoms with E-state index >= 15 is 0 Å². The summed E-state index contributed by atoms with van der Waals surface area (Å²) in [4.78, 5) is 52.2. The Morgan fingerprint density at radius 2 is 1.08 bits per heavy atom. The van der Waals surface area contributed by atoms with Crippen LogP contribution in [0.4, 0.5) is 4.79 Å². The lowest BCUT2D eigenvalue weighted by Gasteiger charge is -2.21. The van der Waals surface area contributed by atoms with Crippen LogP contribution in [0.15, 0.2) is 61.2 Å². The number of benzene rings is 2. The van der Waals surface area contributed by atoms with Gasteiger partial charge < -0.3 is 24.3 Å². The molecule has 358 valence electrons. The molecule has 1 N–H and O–H groups in total. The Morgan fingerprint density at radius 1 is 0.609 bits per heavy atom. The number of unbranched alkanes of at least 4 members (excludes halogenated alkanes) is 16. The van der Waals surface area contributed by atoms with Crippen LogP contribution in [0.2, 0.25) is 0 Å². The molecule has 10 heteroatoms. The van der Waals surface area contributed by atoms with Crippen LogP contribution in [-0.4, -0.2) is 67.5 Å². The highest BCUT2D eigenvalue weighted by Crippen LogP contribution is 2.44. The maximum Gasteiger partial charge on any atom is 0.407 e. The van der Waals surface area contributed by atoms with Crippen molar-refractivity contribution in [2.45, 2.75) is 187 Å². The van der Waals surface area contributed by atoms with Crippen molar-refractivity contribution < 1.29 is 38.1 Å². The van der Waals surface area contributed by atoms with Crippen LogP contribution < -0.4 is 5.32 Å². The first-order valence-corrected chi connectivity index (χ1v) is 26.1. The predicted molar refractivity (Wildman–Crippen MR) is 263 cm³/mol. The van der Waals surface area contributed by atoms with Crippen molar-refractivity contribution in [3.8, 4) is 11.1 Å². The zero-order chi connectivity index (χ0) is 46.2. The van der Waals surface area contributed by atoms with E-state index in [0.29, 0.717) is 12.8 Å². The summed E-state index contributed by atoms with van der Waals surface area (Å²) in [6, 6.07) is 15.1. The molecule has 0 heterocycles. The van der Waals surface area contributed by atoms with Gasteiger partial charge in [-0.3, -0.25) is 9.59 Å². The number of thioether (sulfide) groups is 1. The topological polar surface area (TPSA) is 117 Å². The van der Waals surface area contributed by atoms with Gasteiger partial charge in [0, 0.05) is 30.3 Å². The molecule has 0 saturated carbocycles. The van der Waals surface area contributed by atoms with E-state index in [1.54, 1.807) is 0 Å². The van der Waals surface area contributed by atoms with Gasteiger partial charge in [-0.15, -0.1) is 0 Å². The van der Waals surface area contributed by atoms with E-state index in [2.05, 4.69) is 51.7 Å². The molecule has 0 aromatic heterocycles. The fraction of sp³-hybridized carbons (Fsp3) is 0.667. The van der Waals surface area contributed by atoms with Crippen LogP contribution in [0.3, 0.4) is 0 Å². The van der Waals surface area contributed by atoms with Crippen molar-refractivity contribution in [1.29, 1.82) is 0 Å². The molecule has 3 rings (SSSR count). The molecular formula is C54H83NO8S. The van der Waals surface area contributed by atoms with Crippen LogP contribution >= 0.6 is 11.8 Å². The summed E-state index contributed by atoms with van der Waals surface area (Å²) in [7, 11) is 0. The molecular weight excluding hydrogens is 823 g/mol. The number of ether oxygens (including phenoxy) is 4. The van der Waals surface area contributed by atoms with Gasteiger partial charge in [0.1, 0.15) is 32.0 Å². The molecule has 0 aliphatic heterocycles. The van der Waals surface area contributed by atoms with Gasteiger partial charge in [-0.2, -0.15) is 11.8 Å². The number of hydrogen-bond donors (Lipinski definition) is 1. The molecule has 1 aliphatic rings. The van der Waals surface area contributed by atoms with Crippen molar-refractivity contribution >= 4 is 35.8 Å². The highest BCUT2D eigenvalue weighted by molar-refractivity contribution is 7.99. The predicted octanol–water partition coefficient (Wildman–Crippen LogP) is 13.7. The normalized spacial score (nSPS) is 13.0. The summed E-state index contributed by atoms with van der Waals surface area (Å²) in [5.74, 6) is 0.540. The SMILES string of the molecule is C=CCOC(=O)[C@H](CSC[C@@H](COC(=O)CCCCCCCCCCCC(C)C)OC(=O)CCCCCCCCCCCC(C)C)NC(=O)OCC1c2ccccc2-c2ccccc21. The molecule has 1 aliphatic carbocycles. The van der Waals surface area contributed by atoms with Crippen LogP contribution in [0.1, 0.15) is 186 Å². The van der Waals surface area contributed by atoms with Crippen LogP contribution in [-0.2, 0) is 33.3 Å². The first-order valence-electron chi connectivity index (χ1n) is 24.9. The van der Waals surface area contributed by atoms with Crippen molar-refractivity contribution in [3.05, 3.63) is 72.3 Å². The maximum absolute atomic E-state index is 13.2. The Labute approximate surface area is 391 Å². The molecule has 0 unspecified atom stereocenters. The van der Waals surface area contributed by atoms with Crippen LogP contribution in [0, 0.1) is 11.8 Å². The van der Waals surface area contributed by atoms with Gasteiger partial charge in [0.15, 0.2) is 0 Å². The molecule has 1 amide bonds. The van der Waals surface area contributed by atoms with E-state index in [0.717, 1.165) is 72.6 Å². The van der Waals surface area contributed by atoms with E-state index in [9.17, 15) is 19.2 Å². The third-order valence-electron chi connectivity index (χ3n) is 11.9. The largest absolute Gasteiger partial charge is 0.462 e. The second-order valence-corrected chi connectivity index (χ2v) is 19.6. The summed E-state index contributed by atoms with van der Waals surface area (Å²) in [6.07, 6.45) is 24.1. The Bertz CT molecular complexity index is 1580. The molecule has 0 bridgehead atoms.